The van der Waals surface area contributed by atoms with Crippen molar-refractivity contribution in [1.82, 2.24) is 10.6 Å². The zero-order valence-electron chi connectivity index (χ0n) is 24.0. The van der Waals surface area contributed by atoms with E-state index in [1.165, 1.54) is 0 Å². The number of amides is 1. The summed E-state index contributed by atoms with van der Waals surface area (Å²) in [5.74, 6) is -2.40. The lowest BCUT2D eigenvalue weighted by atomic mass is 10.0. The zero-order chi connectivity index (χ0) is 30.2. The average Bonchev–Trinajstić information content (AvgIpc) is 3.00. The first-order valence-electron chi connectivity index (χ1n) is 13.9. The normalized spacial score (nSPS) is 12.2. The van der Waals surface area contributed by atoms with Gasteiger partial charge in [-0.1, -0.05) is 105 Å². The van der Waals surface area contributed by atoms with Gasteiger partial charge in [-0.25, -0.2) is 4.79 Å². The Labute approximate surface area is 246 Å². The molecule has 222 valence electrons. The van der Waals surface area contributed by atoms with Gasteiger partial charge in [-0.05, 0) is 29.0 Å². The van der Waals surface area contributed by atoms with E-state index < -0.39 is 35.9 Å². The minimum absolute atomic E-state index is 0.0366. The van der Waals surface area contributed by atoms with Crippen molar-refractivity contribution in [3.8, 4) is 0 Å². The third kappa shape index (κ3) is 11.9. The predicted octanol–water partition coefficient (Wildman–Crippen LogP) is 4.10. The van der Waals surface area contributed by atoms with Crippen molar-refractivity contribution in [2.45, 2.75) is 58.6 Å². The summed E-state index contributed by atoms with van der Waals surface area (Å²) in [5, 5.41) is 5.51. The van der Waals surface area contributed by atoms with Crippen molar-refractivity contribution in [3.05, 3.63) is 108 Å². The van der Waals surface area contributed by atoms with Crippen LogP contribution in [0.15, 0.2) is 91.0 Å². The van der Waals surface area contributed by atoms with Gasteiger partial charge in [0.05, 0.1) is 19.0 Å². The number of rotatable bonds is 16. The molecule has 0 fully saturated rings. The second-order valence-corrected chi connectivity index (χ2v) is 10.2. The second-order valence-electron chi connectivity index (χ2n) is 10.2. The summed E-state index contributed by atoms with van der Waals surface area (Å²) in [6, 6.07) is 25.4. The van der Waals surface area contributed by atoms with E-state index in [0.29, 0.717) is 6.42 Å². The zero-order valence-corrected chi connectivity index (χ0v) is 24.0. The number of hydrogen-bond acceptors (Lipinski definition) is 8. The number of esters is 3. The van der Waals surface area contributed by atoms with Gasteiger partial charge in [0.2, 0.25) is 5.91 Å². The van der Waals surface area contributed by atoms with E-state index in [1.54, 1.807) is 0 Å². The first kappa shape index (κ1) is 32.0. The summed E-state index contributed by atoms with van der Waals surface area (Å²) >= 11 is 0. The lowest BCUT2D eigenvalue weighted by Crippen LogP contribution is -2.52. The molecule has 0 aliphatic carbocycles. The standard InChI is InChI=1S/C33H38N2O7/c1-24(2)18-29(33(39)42-23-27-16-10-5-11-17-27)35-32(38)28(19-30(36)40-21-25-12-6-3-7-13-25)34-20-31(37)41-22-26-14-8-4-9-15-26/h3-17,24,28-29,34H,18-23H2,1-2H3,(H,35,38)/t28-,29-/m0/s1. The van der Waals surface area contributed by atoms with Crippen molar-refractivity contribution in [2.75, 3.05) is 6.54 Å². The maximum Gasteiger partial charge on any atom is 0.328 e. The molecular formula is C33H38N2O7. The summed E-state index contributed by atoms with van der Waals surface area (Å²) in [5.41, 5.74) is 2.42. The van der Waals surface area contributed by atoms with Crippen LogP contribution in [0.1, 0.15) is 43.4 Å². The number of carbonyl (C=O) groups is 4. The van der Waals surface area contributed by atoms with Crippen molar-refractivity contribution in [2.24, 2.45) is 5.92 Å². The molecule has 3 rings (SSSR count). The smallest absolute Gasteiger partial charge is 0.328 e. The molecule has 9 nitrogen and oxygen atoms in total. The van der Waals surface area contributed by atoms with Gasteiger partial charge < -0.3 is 19.5 Å². The molecule has 42 heavy (non-hydrogen) atoms. The number of carbonyl (C=O) groups excluding carboxylic acids is 4. The lowest BCUT2D eigenvalue weighted by Gasteiger charge is -2.23. The molecule has 3 aromatic carbocycles. The molecule has 2 N–H and O–H groups in total. The highest BCUT2D eigenvalue weighted by Gasteiger charge is 2.29. The van der Waals surface area contributed by atoms with Crippen LogP contribution in [0.3, 0.4) is 0 Å². The van der Waals surface area contributed by atoms with Crippen LogP contribution in [0.25, 0.3) is 0 Å². The van der Waals surface area contributed by atoms with Gasteiger partial charge in [-0.15, -0.1) is 0 Å². The van der Waals surface area contributed by atoms with Crippen LogP contribution in [0, 0.1) is 5.92 Å². The molecule has 0 unspecified atom stereocenters. The van der Waals surface area contributed by atoms with Crippen LogP contribution in [-0.4, -0.2) is 42.4 Å². The van der Waals surface area contributed by atoms with Gasteiger partial charge in [0, 0.05) is 0 Å². The summed E-state index contributed by atoms with van der Waals surface area (Å²) in [6.07, 6.45) is -0.0399. The Morgan fingerprint density at radius 1 is 0.619 bits per heavy atom. The Bertz CT molecular complexity index is 1270. The largest absolute Gasteiger partial charge is 0.461 e. The highest BCUT2D eigenvalue weighted by atomic mass is 16.5. The van der Waals surface area contributed by atoms with Crippen LogP contribution >= 0.6 is 0 Å². The van der Waals surface area contributed by atoms with E-state index in [4.69, 9.17) is 14.2 Å². The van der Waals surface area contributed by atoms with Crippen LogP contribution in [0.5, 0.6) is 0 Å². The monoisotopic (exact) mass is 574 g/mol. The van der Waals surface area contributed by atoms with E-state index in [-0.39, 0.29) is 38.7 Å². The lowest BCUT2D eigenvalue weighted by molar-refractivity contribution is -0.151. The molecule has 0 saturated carbocycles. The number of benzene rings is 3. The Morgan fingerprint density at radius 2 is 1.07 bits per heavy atom. The maximum atomic E-state index is 13.4. The van der Waals surface area contributed by atoms with Crippen molar-refractivity contribution >= 4 is 23.8 Å². The second kappa shape index (κ2) is 17.3. The molecule has 0 saturated heterocycles. The molecule has 1 amide bonds. The Kier molecular flexibility index (Phi) is 13.2. The third-order valence-electron chi connectivity index (χ3n) is 6.20. The topological polar surface area (TPSA) is 120 Å². The molecule has 9 heteroatoms. The fraction of sp³-hybridized carbons (Fsp3) is 0.333. The Balaban J connectivity index is 1.63. The van der Waals surface area contributed by atoms with E-state index in [9.17, 15) is 19.2 Å². The summed E-state index contributed by atoms with van der Waals surface area (Å²) < 4.78 is 16.1. The SMILES string of the molecule is CC(C)C[C@H](NC(=O)[C@H](CC(=O)OCc1ccccc1)NCC(=O)OCc1ccccc1)C(=O)OCc1ccccc1. The molecule has 0 radical (unpaired) electrons. The summed E-state index contributed by atoms with van der Waals surface area (Å²) in [7, 11) is 0. The number of nitrogens with one attached hydrogen (secondary N) is 2. The minimum atomic E-state index is -1.16. The molecule has 0 heterocycles. The van der Waals surface area contributed by atoms with Gasteiger partial charge in [-0.2, -0.15) is 0 Å². The molecule has 0 bridgehead atoms. The first-order chi connectivity index (χ1) is 20.3. The summed E-state index contributed by atoms with van der Waals surface area (Å²) in [6.45, 7) is 3.68. The fourth-order valence-electron chi connectivity index (χ4n) is 4.00. The van der Waals surface area contributed by atoms with Crippen molar-refractivity contribution in [1.29, 1.82) is 0 Å². The molecule has 0 aromatic heterocycles. The Hall–Kier alpha value is -4.50. The van der Waals surface area contributed by atoms with Crippen LogP contribution in [0.4, 0.5) is 0 Å². The quantitative estimate of drug-likeness (QED) is 0.194. The molecule has 3 aromatic rings. The van der Waals surface area contributed by atoms with Gasteiger partial charge >= 0.3 is 17.9 Å². The van der Waals surface area contributed by atoms with E-state index >= 15 is 0 Å². The number of hydrogen-bond donors (Lipinski definition) is 2. The molecule has 2 atom stereocenters. The van der Waals surface area contributed by atoms with E-state index in [1.807, 2.05) is 105 Å². The van der Waals surface area contributed by atoms with Crippen LogP contribution in [-0.2, 0) is 53.2 Å². The van der Waals surface area contributed by atoms with Crippen molar-refractivity contribution < 1.29 is 33.4 Å². The molecular weight excluding hydrogens is 536 g/mol. The maximum absolute atomic E-state index is 13.4. The minimum Gasteiger partial charge on any atom is -0.461 e. The summed E-state index contributed by atoms with van der Waals surface area (Å²) in [4.78, 5) is 51.5. The first-order valence-corrected chi connectivity index (χ1v) is 13.9. The van der Waals surface area contributed by atoms with Crippen LogP contribution in [0.2, 0.25) is 0 Å². The molecule has 0 aliphatic heterocycles. The van der Waals surface area contributed by atoms with Gasteiger partial charge in [0.15, 0.2) is 0 Å². The Morgan fingerprint density at radius 3 is 1.55 bits per heavy atom. The molecule has 0 spiro atoms. The van der Waals surface area contributed by atoms with Crippen LogP contribution < -0.4 is 10.6 Å². The number of ether oxygens (including phenoxy) is 3. The third-order valence-corrected chi connectivity index (χ3v) is 6.20. The van der Waals surface area contributed by atoms with Crippen molar-refractivity contribution in [3.63, 3.8) is 0 Å². The van der Waals surface area contributed by atoms with E-state index in [0.717, 1.165) is 16.7 Å². The van der Waals surface area contributed by atoms with E-state index in [2.05, 4.69) is 10.6 Å². The van der Waals surface area contributed by atoms with Gasteiger partial charge in [0.25, 0.3) is 0 Å². The highest BCUT2D eigenvalue weighted by molar-refractivity contribution is 5.90. The fourth-order valence-corrected chi connectivity index (χ4v) is 4.00. The average molecular weight is 575 g/mol. The van der Waals surface area contributed by atoms with Gasteiger partial charge in [0.1, 0.15) is 25.9 Å². The molecule has 0 aliphatic rings. The highest BCUT2D eigenvalue weighted by Crippen LogP contribution is 2.11. The van der Waals surface area contributed by atoms with Gasteiger partial charge in [-0.3, -0.25) is 19.7 Å². The predicted molar refractivity (Wildman–Crippen MR) is 157 cm³/mol.